The van der Waals surface area contributed by atoms with Crippen LogP contribution < -0.4 is 4.72 Å². The Kier molecular flexibility index (Phi) is 4.96. The average Bonchev–Trinajstić information content (AvgIpc) is 2.91. The standard InChI is InChI=1S/C16H25N3O4S/c1-11-16(12(2)23-18-11)24(21,22)17-9-15(20)19-8-7-13-5-3-4-6-14(13)10-19/h13-14,17H,3-10H2,1-2H3/t13-,14+/m0/s1. The lowest BCUT2D eigenvalue weighted by atomic mass is 9.75. The van der Waals surface area contributed by atoms with Crippen molar-refractivity contribution in [3.8, 4) is 0 Å². The van der Waals surface area contributed by atoms with E-state index in [2.05, 4.69) is 9.88 Å². The van der Waals surface area contributed by atoms with Gasteiger partial charge in [0.05, 0.1) is 6.54 Å². The second kappa shape index (κ2) is 6.84. The first-order valence-corrected chi connectivity index (χ1v) is 10.1. The third-order valence-electron chi connectivity index (χ3n) is 5.29. The van der Waals surface area contributed by atoms with Crippen molar-refractivity contribution in [1.29, 1.82) is 0 Å². The van der Waals surface area contributed by atoms with Gasteiger partial charge in [-0.2, -0.15) is 0 Å². The van der Waals surface area contributed by atoms with E-state index in [0.29, 0.717) is 11.6 Å². The lowest BCUT2D eigenvalue weighted by molar-refractivity contribution is -0.133. The zero-order valence-electron chi connectivity index (χ0n) is 14.2. The Hall–Kier alpha value is -1.41. The molecule has 134 valence electrons. The minimum absolute atomic E-state index is 0.0290. The van der Waals surface area contributed by atoms with Crippen LogP contribution >= 0.6 is 0 Å². The molecule has 0 spiro atoms. The molecule has 1 aromatic heterocycles. The second-order valence-electron chi connectivity index (χ2n) is 6.91. The molecular formula is C16H25N3O4S. The topological polar surface area (TPSA) is 92.5 Å². The van der Waals surface area contributed by atoms with Gasteiger partial charge in [0.15, 0.2) is 5.76 Å². The molecule has 1 aliphatic carbocycles. The monoisotopic (exact) mass is 355 g/mol. The molecule has 1 aromatic rings. The summed E-state index contributed by atoms with van der Waals surface area (Å²) in [6.07, 6.45) is 6.02. The molecule has 0 aromatic carbocycles. The van der Waals surface area contributed by atoms with Crippen molar-refractivity contribution in [3.05, 3.63) is 11.5 Å². The summed E-state index contributed by atoms with van der Waals surface area (Å²) in [6, 6.07) is 0. The van der Waals surface area contributed by atoms with E-state index in [1.165, 1.54) is 25.7 Å². The highest BCUT2D eigenvalue weighted by molar-refractivity contribution is 7.89. The van der Waals surface area contributed by atoms with Gasteiger partial charge in [-0.05, 0) is 38.5 Å². The maximum atomic E-state index is 12.4. The number of hydrogen-bond donors (Lipinski definition) is 1. The van der Waals surface area contributed by atoms with Gasteiger partial charge in [0, 0.05) is 13.1 Å². The lowest BCUT2D eigenvalue weighted by Gasteiger charge is -2.41. The Morgan fingerprint density at radius 1 is 1.25 bits per heavy atom. The number of sulfonamides is 1. The number of nitrogens with zero attached hydrogens (tertiary/aromatic N) is 2. The molecule has 0 unspecified atom stereocenters. The number of amides is 1. The molecule has 8 heteroatoms. The van der Waals surface area contributed by atoms with Crippen molar-refractivity contribution in [2.45, 2.75) is 50.8 Å². The van der Waals surface area contributed by atoms with Crippen molar-refractivity contribution in [1.82, 2.24) is 14.8 Å². The molecule has 1 amide bonds. The van der Waals surface area contributed by atoms with Gasteiger partial charge in [-0.1, -0.05) is 24.4 Å². The number of piperidine rings is 1. The zero-order chi connectivity index (χ0) is 17.3. The van der Waals surface area contributed by atoms with Gasteiger partial charge in [0.1, 0.15) is 10.6 Å². The van der Waals surface area contributed by atoms with E-state index >= 15 is 0 Å². The molecule has 2 heterocycles. The van der Waals surface area contributed by atoms with E-state index < -0.39 is 10.0 Å². The molecule has 2 atom stereocenters. The minimum Gasteiger partial charge on any atom is -0.360 e. The summed E-state index contributed by atoms with van der Waals surface area (Å²) < 4.78 is 32.0. The van der Waals surface area contributed by atoms with E-state index in [9.17, 15) is 13.2 Å². The Balaban J connectivity index is 1.59. The normalized spacial score (nSPS) is 24.7. The molecule has 3 rings (SSSR count). The van der Waals surface area contributed by atoms with Crippen LogP contribution in [0.15, 0.2) is 9.42 Å². The van der Waals surface area contributed by atoms with Crippen molar-refractivity contribution < 1.29 is 17.7 Å². The summed E-state index contributed by atoms with van der Waals surface area (Å²) in [7, 11) is -3.79. The number of rotatable bonds is 4. The van der Waals surface area contributed by atoms with Crippen LogP contribution in [0.2, 0.25) is 0 Å². The van der Waals surface area contributed by atoms with E-state index in [1.807, 2.05) is 4.90 Å². The number of carbonyl (C=O) groups is 1. The van der Waals surface area contributed by atoms with E-state index in [-0.39, 0.29) is 23.1 Å². The summed E-state index contributed by atoms with van der Waals surface area (Å²) in [5.41, 5.74) is 0.301. The molecule has 1 aliphatic heterocycles. The van der Waals surface area contributed by atoms with Gasteiger partial charge in [0.25, 0.3) is 0 Å². The fourth-order valence-electron chi connectivity index (χ4n) is 4.03. The van der Waals surface area contributed by atoms with Gasteiger partial charge in [-0.3, -0.25) is 4.79 Å². The SMILES string of the molecule is Cc1noc(C)c1S(=O)(=O)NCC(=O)N1CC[C@@H]2CCCC[C@@H]2C1. The minimum atomic E-state index is -3.79. The summed E-state index contributed by atoms with van der Waals surface area (Å²) in [5.74, 6) is 1.39. The third-order valence-corrected chi connectivity index (χ3v) is 6.94. The van der Waals surface area contributed by atoms with E-state index in [0.717, 1.165) is 25.4 Å². The van der Waals surface area contributed by atoms with Gasteiger partial charge in [-0.25, -0.2) is 13.1 Å². The smallest absolute Gasteiger partial charge is 0.246 e. The van der Waals surface area contributed by atoms with Crippen LogP contribution in [0.3, 0.4) is 0 Å². The Morgan fingerprint density at radius 2 is 1.96 bits per heavy atom. The largest absolute Gasteiger partial charge is 0.360 e. The zero-order valence-corrected chi connectivity index (χ0v) is 15.1. The fourth-order valence-corrected chi connectivity index (χ4v) is 5.33. The predicted molar refractivity (Wildman–Crippen MR) is 87.8 cm³/mol. The molecule has 1 saturated heterocycles. The maximum absolute atomic E-state index is 12.4. The maximum Gasteiger partial charge on any atom is 0.246 e. The predicted octanol–water partition coefficient (Wildman–Crippen LogP) is 1.61. The number of carbonyl (C=O) groups excluding carboxylic acids is 1. The van der Waals surface area contributed by atoms with Gasteiger partial charge in [-0.15, -0.1) is 0 Å². The van der Waals surface area contributed by atoms with Gasteiger partial charge >= 0.3 is 0 Å². The van der Waals surface area contributed by atoms with Crippen molar-refractivity contribution in [2.24, 2.45) is 11.8 Å². The van der Waals surface area contributed by atoms with Crippen LogP contribution in [-0.4, -0.2) is 44.0 Å². The van der Waals surface area contributed by atoms with Crippen LogP contribution in [0, 0.1) is 25.7 Å². The number of aryl methyl sites for hydroxylation is 2. The van der Waals surface area contributed by atoms with Crippen LogP contribution in [0.4, 0.5) is 0 Å². The second-order valence-corrected chi connectivity index (χ2v) is 8.61. The summed E-state index contributed by atoms with van der Waals surface area (Å²) >= 11 is 0. The first-order chi connectivity index (χ1) is 11.4. The first kappa shape index (κ1) is 17.4. The number of hydrogen-bond acceptors (Lipinski definition) is 5. The molecule has 1 N–H and O–H groups in total. The van der Waals surface area contributed by atoms with Crippen LogP contribution in [0.1, 0.15) is 43.6 Å². The molecule has 24 heavy (non-hydrogen) atoms. The van der Waals surface area contributed by atoms with Crippen LogP contribution in [0.5, 0.6) is 0 Å². The quantitative estimate of drug-likeness (QED) is 0.886. The molecule has 7 nitrogen and oxygen atoms in total. The first-order valence-electron chi connectivity index (χ1n) is 8.59. The average molecular weight is 355 g/mol. The highest BCUT2D eigenvalue weighted by Crippen LogP contribution is 2.36. The van der Waals surface area contributed by atoms with Crippen LogP contribution in [0.25, 0.3) is 0 Å². The Labute approximate surface area is 142 Å². The lowest BCUT2D eigenvalue weighted by Crippen LogP contribution is -2.48. The summed E-state index contributed by atoms with van der Waals surface area (Å²) in [5, 5.41) is 3.66. The number of aromatic nitrogens is 1. The molecule has 0 radical (unpaired) electrons. The summed E-state index contributed by atoms with van der Waals surface area (Å²) in [6.45, 7) is 4.39. The molecule has 1 saturated carbocycles. The Bertz CT molecular complexity index is 693. The molecule has 2 aliphatic rings. The highest BCUT2D eigenvalue weighted by Gasteiger charge is 2.33. The van der Waals surface area contributed by atoms with Gasteiger partial charge in [0.2, 0.25) is 15.9 Å². The van der Waals surface area contributed by atoms with Crippen molar-refractivity contribution in [3.63, 3.8) is 0 Å². The molecular weight excluding hydrogens is 330 g/mol. The van der Waals surface area contributed by atoms with E-state index in [1.54, 1.807) is 13.8 Å². The molecule has 0 bridgehead atoms. The van der Waals surface area contributed by atoms with Crippen molar-refractivity contribution >= 4 is 15.9 Å². The number of fused-ring (bicyclic) bond motifs is 1. The summed E-state index contributed by atoms with van der Waals surface area (Å²) in [4.78, 5) is 14.3. The van der Waals surface area contributed by atoms with E-state index in [4.69, 9.17) is 4.52 Å². The molecule has 2 fully saturated rings. The Morgan fingerprint density at radius 3 is 2.62 bits per heavy atom. The highest BCUT2D eigenvalue weighted by atomic mass is 32.2. The van der Waals surface area contributed by atoms with Crippen molar-refractivity contribution in [2.75, 3.05) is 19.6 Å². The van der Waals surface area contributed by atoms with Crippen LogP contribution in [-0.2, 0) is 14.8 Å². The van der Waals surface area contributed by atoms with Gasteiger partial charge < -0.3 is 9.42 Å². The number of likely N-dealkylation sites (tertiary alicyclic amines) is 1. The number of nitrogens with one attached hydrogen (secondary N) is 1. The fraction of sp³-hybridized carbons (Fsp3) is 0.750. The third kappa shape index (κ3) is 3.49.